The molecule has 1 fully saturated rings. The minimum Gasteiger partial charge on any atom is -0.493 e. The van der Waals surface area contributed by atoms with Crippen LogP contribution < -0.4 is 4.74 Å². The van der Waals surface area contributed by atoms with Gasteiger partial charge in [-0.2, -0.15) is 0 Å². The fraction of sp³-hybridized carbons (Fsp3) is 0.588. The van der Waals surface area contributed by atoms with Crippen LogP contribution >= 0.6 is 0 Å². The Balaban J connectivity index is 1.82. The fourth-order valence-electron chi connectivity index (χ4n) is 2.68. The van der Waals surface area contributed by atoms with Crippen LogP contribution in [0.5, 0.6) is 5.75 Å². The third-order valence-electron chi connectivity index (χ3n) is 4.12. The molecule has 0 aromatic heterocycles. The van der Waals surface area contributed by atoms with Crippen molar-refractivity contribution < 1.29 is 14.3 Å². The summed E-state index contributed by atoms with van der Waals surface area (Å²) in [6.07, 6.45) is 2.35. The van der Waals surface area contributed by atoms with Crippen LogP contribution in [0.25, 0.3) is 0 Å². The first-order chi connectivity index (χ1) is 10.1. The van der Waals surface area contributed by atoms with Crippen LogP contribution in [0.15, 0.2) is 24.3 Å². The van der Waals surface area contributed by atoms with E-state index in [-0.39, 0.29) is 5.97 Å². The zero-order chi connectivity index (χ0) is 15.2. The van der Waals surface area contributed by atoms with Gasteiger partial charge in [0.1, 0.15) is 5.75 Å². The number of esters is 1. The topological polar surface area (TPSA) is 38.8 Å². The molecule has 0 aliphatic carbocycles. The highest BCUT2D eigenvalue weighted by Crippen LogP contribution is 2.21. The molecule has 0 radical (unpaired) electrons. The van der Waals surface area contributed by atoms with Crippen molar-refractivity contribution in [1.29, 1.82) is 0 Å². The van der Waals surface area contributed by atoms with Crippen LogP contribution in [0.3, 0.4) is 0 Å². The molecule has 21 heavy (non-hydrogen) atoms. The molecule has 0 bridgehead atoms. The van der Waals surface area contributed by atoms with Gasteiger partial charge in [0.05, 0.1) is 19.3 Å². The number of ether oxygens (including phenoxy) is 2. The maximum atomic E-state index is 11.5. The number of hydrogen-bond acceptors (Lipinski definition) is 4. The molecule has 1 aromatic rings. The average molecular weight is 291 g/mol. The van der Waals surface area contributed by atoms with Gasteiger partial charge in [-0.15, -0.1) is 0 Å². The number of carbonyl (C=O) groups is 1. The summed E-state index contributed by atoms with van der Waals surface area (Å²) in [4.78, 5) is 14.0. The molecule has 4 heteroatoms. The maximum absolute atomic E-state index is 11.5. The minimum absolute atomic E-state index is 0.328. The molecule has 1 heterocycles. The number of nitrogens with zero attached hydrogens (tertiary/aromatic N) is 1. The van der Waals surface area contributed by atoms with Gasteiger partial charge >= 0.3 is 5.97 Å². The first-order valence-electron chi connectivity index (χ1n) is 7.65. The monoisotopic (exact) mass is 291 g/mol. The summed E-state index contributed by atoms with van der Waals surface area (Å²) in [5, 5.41) is 0. The predicted octanol–water partition coefficient (Wildman–Crippen LogP) is 2.97. The summed E-state index contributed by atoms with van der Waals surface area (Å²) >= 11 is 0. The van der Waals surface area contributed by atoms with Crippen LogP contribution in [-0.2, 0) is 4.74 Å². The molecule has 116 valence electrons. The summed E-state index contributed by atoms with van der Waals surface area (Å²) in [5.41, 5.74) is 0.532. The van der Waals surface area contributed by atoms with Crippen molar-refractivity contribution in [1.82, 2.24) is 4.90 Å². The van der Waals surface area contributed by atoms with E-state index in [2.05, 4.69) is 18.7 Å². The van der Waals surface area contributed by atoms with Crippen molar-refractivity contribution in [3.05, 3.63) is 29.8 Å². The Hall–Kier alpha value is -1.55. The molecule has 1 aromatic carbocycles. The average Bonchev–Trinajstić information content (AvgIpc) is 2.52. The quantitative estimate of drug-likeness (QED) is 0.782. The lowest BCUT2D eigenvalue weighted by atomic mass is 9.97. The molecule has 0 N–H and O–H groups in total. The SMILES string of the molecule is COC(=O)c1cccc(OCC2CCN(C(C)C)CC2)c1. The van der Waals surface area contributed by atoms with Gasteiger partial charge in [-0.05, 0) is 63.9 Å². The van der Waals surface area contributed by atoms with Gasteiger partial charge in [0.25, 0.3) is 0 Å². The molecule has 1 aliphatic heterocycles. The molecule has 0 spiro atoms. The second-order valence-corrected chi connectivity index (χ2v) is 5.90. The van der Waals surface area contributed by atoms with E-state index in [9.17, 15) is 4.79 Å². The lowest BCUT2D eigenvalue weighted by Gasteiger charge is -2.34. The second-order valence-electron chi connectivity index (χ2n) is 5.90. The molecule has 0 saturated carbocycles. The number of piperidine rings is 1. The zero-order valence-electron chi connectivity index (χ0n) is 13.2. The number of carbonyl (C=O) groups excluding carboxylic acids is 1. The fourth-order valence-corrected chi connectivity index (χ4v) is 2.68. The van der Waals surface area contributed by atoms with Crippen molar-refractivity contribution in [2.75, 3.05) is 26.8 Å². The van der Waals surface area contributed by atoms with Crippen molar-refractivity contribution in [3.63, 3.8) is 0 Å². The summed E-state index contributed by atoms with van der Waals surface area (Å²) in [6.45, 7) is 7.50. The predicted molar refractivity (Wildman–Crippen MR) is 82.7 cm³/mol. The molecular formula is C17H25NO3. The van der Waals surface area contributed by atoms with E-state index in [1.54, 1.807) is 12.1 Å². The molecule has 1 aliphatic rings. The Morgan fingerprint density at radius 3 is 2.67 bits per heavy atom. The summed E-state index contributed by atoms with van der Waals surface area (Å²) in [6, 6.07) is 7.82. The van der Waals surface area contributed by atoms with Crippen molar-refractivity contribution >= 4 is 5.97 Å². The Morgan fingerprint density at radius 2 is 2.05 bits per heavy atom. The van der Waals surface area contributed by atoms with E-state index in [0.29, 0.717) is 17.5 Å². The Labute approximate surface area is 127 Å². The summed E-state index contributed by atoms with van der Waals surface area (Å²) in [5.74, 6) is 1.01. The van der Waals surface area contributed by atoms with Crippen LogP contribution in [0, 0.1) is 5.92 Å². The highest BCUT2D eigenvalue weighted by molar-refractivity contribution is 5.89. The maximum Gasteiger partial charge on any atom is 0.337 e. The summed E-state index contributed by atoms with van der Waals surface area (Å²) < 4.78 is 10.6. The molecule has 0 atom stereocenters. The highest BCUT2D eigenvalue weighted by Gasteiger charge is 2.21. The van der Waals surface area contributed by atoms with Gasteiger partial charge in [0.15, 0.2) is 0 Å². The van der Waals surface area contributed by atoms with Crippen molar-refractivity contribution in [2.45, 2.75) is 32.7 Å². The number of likely N-dealkylation sites (tertiary alicyclic amines) is 1. The van der Waals surface area contributed by atoms with E-state index in [1.807, 2.05) is 12.1 Å². The molecular weight excluding hydrogens is 266 g/mol. The van der Waals surface area contributed by atoms with Crippen LogP contribution in [0.1, 0.15) is 37.0 Å². The van der Waals surface area contributed by atoms with Crippen molar-refractivity contribution in [3.8, 4) is 5.75 Å². The number of hydrogen-bond donors (Lipinski definition) is 0. The van der Waals surface area contributed by atoms with Crippen LogP contribution in [0.4, 0.5) is 0 Å². The van der Waals surface area contributed by atoms with Gasteiger partial charge in [-0.3, -0.25) is 0 Å². The Morgan fingerprint density at radius 1 is 1.33 bits per heavy atom. The largest absolute Gasteiger partial charge is 0.493 e. The van der Waals surface area contributed by atoms with E-state index in [1.165, 1.54) is 20.0 Å². The lowest BCUT2D eigenvalue weighted by Crippen LogP contribution is -2.39. The molecule has 0 amide bonds. The molecule has 4 nitrogen and oxygen atoms in total. The molecule has 0 unspecified atom stereocenters. The third-order valence-corrected chi connectivity index (χ3v) is 4.12. The van der Waals surface area contributed by atoms with Gasteiger partial charge in [-0.1, -0.05) is 6.07 Å². The zero-order valence-corrected chi connectivity index (χ0v) is 13.2. The number of methoxy groups -OCH3 is 1. The van der Waals surface area contributed by atoms with Gasteiger partial charge in [-0.25, -0.2) is 4.79 Å². The summed E-state index contributed by atoms with van der Waals surface area (Å²) in [7, 11) is 1.39. The second kappa shape index (κ2) is 7.46. The number of benzene rings is 1. The van der Waals surface area contributed by atoms with Crippen molar-refractivity contribution in [2.24, 2.45) is 5.92 Å². The lowest BCUT2D eigenvalue weighted by molar-refractivity contribution is 0.0600. The van der Waals surface area contributed by atoms with Crippen LogP contribution in [0.2, 0.25) is 0 Å². The van der Waals surface area contributed by atoms with Crippen LogP contribution in [-0.4, -0.2) is 43.7 Å². The molecule has 2 rings (SSSR count). The Kier molecular flexibility index (Phi) is 5.62. The smallest absolute Gasteiger partial charge is 0.337 e. The normalized spacial score (nSPS) is 17.0. The van der Waals surface area contributed by atoms with Gasteiger partial charge in [0, 0.05) is 6.04 Å². The highest BCUT2D eigenvalue weighted by atomic mass is 16.5. The van der Waals surface area contributed by atoms with E-state index < -0.39 is 0 Å². The van der Waals surface area contributed by atoms with E-state index >= 15 is 0 Å². The van der Waals surface area contributed by atoms with Gasteiger partial charge in [0.2, 0.25) is 0 Å². The number of rotatable bonds is 5. The minimum atomic E-state index is -0.328. The first kappa shape index (κ1) is 15.8. The third kappa shape index (κ3) is 4.46. The molecule has 1 saturated heterocycles. The van der Waals surface area contributed by atoms with Gasteiger partial charge < -0.3 is 14.4 Å². The first-order valence-corrected chi connectivity index (χ1v) is 7.65. The Bertz CT molecular complexity index is 465. The van der Waals surface area contributed by atoms with E-state index in [4.69, 9.17) is 9.47 Å². The standard InChI is InChI=1S/C17H25NO3/c1-13(2)18-9-7-14(8-10-18)12-21-16-6-4-5-15(11-16)17(19)20-3/h4-6,11,13-14H,7-10,12H2,1-3H3. The van der Waals surface area contributed by atoms with E-state index in [0.717, 1.165) is 25.4 Å².